The molecular weight excluding hydrogens is 267 g/mol. The van der Waals surface area contributed by atoms with Gasteiger partial charge in [0.2, 0.25) is 0 Å². The van der Waals surface area contributed by atoms with Gasteiger partial charge in [0.05, 0.1) is 0 Å². The molecule has 1 N–H and O–H groups in total. The fraction of sp³-hybridized carbons (Fsp3) is 0.214. The lowest BCUT2D eigenvalue weighted by molar-refractivity contribution is 0.0697. The SMILES string of the molecule is CCc1cc(OCc2ccc(F)cc2)c(C(=O)O)s1. The summed E-state index contributed by atoms with van der Waals surface area (Å²) in [6.45, 7) is 2.18. The molecule has 0 amide bonds. The molecule has 1 heterocycles. The number of carboxylic acid groups (broad SMARTS) is 1. The third-order valence-electron chi connectivity index (χ3n) is 2.60. The first kappa shape index (κ1) is 13.5. The maximum Gasteiger partial charge on any atom is 0.349 e. The van der Waals surface area contributed by atoms with E-state index in [-0.39, 0.29) is 17.3 Å². The Balaban J connectivity index is 2.12. The molecule has 1 aromatic heterocycles. The van der Waals surface area contributed by atoms with Crippen molar-refractivity contribution >= 4 is 17.3 Å². The van der Waals surface area contributed by atoms with Gasteiger partial charge in [-0.2, -0.15) is 0 Å². The van der Waals surface area contributed by atoms with Crippen LogP contribution in [0.15, 0.2) is 30.3 Å². The monoisotopic (exact) mass is 280 g/mol. The molecule has 0 unspecified atom stereocenters. The van der Waals surface area contributed by atoms with Crippen LogP contribution in [-0.2, 0) is 13.0 Å². The van der Waals surface area contributed by atoms with Crippen molar-refractivity contribution in [3.8, 4) is 5.75 Å². The summed E-state index contributed by atoms with van der Waals surface area (Å²) in [6, 6.07) is 7.67. The van der Waals surface area contributed by atoms with Crippen LogP contribution in [-0.4, -0.2) is 11.1 Å². The minimum atomic E-state index is -0.987. The fourth-order valence-electron chi connectivity index (χ4n) is 1.59. The molecule has 0 aliphatic rings. The van der Waals surface area contributed by atoms with E-state index in [4.69, 9.17) is 9.84 Å². The van der Waals surface area contributed by atoms with Gasteiger partial charge in [-0.3, -0.25) is 0 Å². The molecule has 0 saturated carbocycles. The summed E-state index contributed by atoms with van der Waals surface area (Å²) in [6.07, 6.45) is 0.769. The number of hydrogen-bond donors (Lipinski definition) is 1. The Kier molecular flexibility index (Phi) is 4.16. The van der Waals surface area contributed by atoms with E-state index in [1.54, 1.807) is 18.2 Å². The number of aryl methyl sites for hydroxylation is 1. The molecule has 5 heteroatoms. The maximum absolute atomic E-state index is 12.8. The highest BCUT2D eigenvalue weighted by Crippen LogP contribution is 2.30. The summed E-state index contributed by atoms with van der Waals surface area (Å²) < 4.78 is 18.3. The molecule has 0 radical (unpaired) electrons. The lowest BCUT2D eigenvalue weighted by Crippen LogP contribution is -2.00. The van der Waals surface area contributed by atoms with E-state index in [1.165, 1.54) is 23.5 Å². The molecule has 0 saturated heterocycles. The van der Waals surface area contributed by atoms with E-state index >= 15 is 0 Å². The molecule has 0 fully saturated rings. The molecule has 0 aliphatic heterocycles. The van der Waals surface area contributed by atoms with Crippen LogP contribution in [0.2, 0.25) is 0 Å². The summed E-state index contributed by atoms with van der Waals surface area (Å²) in [5.74, 6) is -0.920. The highest BCUT2D eigenvalue weighted by Gasteiger charge is 2.16. The number of carbonyl (C=O) groups is 1. The molecular formula is C14H13FO3S. The van der Waals surface area contributed by atoms with Crippen LogP contribution in [0.3, 0.4) is 0 Å². The zero-order valence-electron chi connectivity index (χ0n) is 10.4. The summed E-state index contributed by atoms with van der Waals surface area (Å²) in [7, 11) is 0. The van der Waals surface area contributed by atoms with Gasteiger partial charge >= 0.3 is 5.97 Å². The Morgan fingerprint density at radius 2 is 2.05 bits per heavy atom. The summed E-state index contributed by atoms with van der Waals surface area (Å²) >= 11 is 1.22. The molecule has 3 nitrogen and oxygen atoms in total. The van der Waals surface area contributed by atoms with Crippen LogP contribution >= 0.6 is 11.3 Å². The lowest BCUT2D eigenvalue weighted by atomic mass is 10.2. The summed E-state index contributed by atoms with van der Waals surface area (Å²) in [4.78, 5) is 12.3. The molecule has 2 aromatic rings. The van der Waals surface area contributed by atoms with Crippen molar-refractivity contribution in [3.05, 3.63) is 51.5 Å². The zero-order valence-corrected chi connectivity index (χ0v) is 11.2. The number of thiophene rings is 1. The number of benzene rings is 1. The minimum absolute atomic E-state index is 0.207. The summed E-state index contributed by atoms with van der Waals surface area (Å²) in [5.41, 5.74) is 0.794. The second kappa shape index (κ2) is 5.84. The molecule has 0 atom stereocenters. The molecule has 1 aromatic carbocycles. The average Bonchev–Trinajstić information content (AvgIpc) is 2.81. The molecule has 19 heavy (non-hydrogen) atoms. The number of rotatable bonds is 5. The number of carboxylic acids is 1. The summed E-state index contributed by atoms with van der Waals surface area (Å²) in [5, 5.41) is 9.09. The van der Waals surface area contributed by atoms with Crippen LogP contribution < -0.4 is 4.74 Å². The van der Waals surface area contributed by atoms with Gasteiger partial charge in [-0.25, -0.2) is 9.18 Å². The van der Waals surface area contributed by atoms with Crippen molar-refractivity contribution in [1.82, 2.24) is 0 Å². The van der Waals surface area contributed by atoms with Crippen LogP contribution in [0.1, 0.15) is 27.0 Å². The lowest BCUT2D eigenvalue weighted by Gasteiger charge is -2.05. The quantitative estimate of drug-likeness (QED) is 0.907. The van der Waals surface area contributed by atoms with Gasteiger partial charge in [0.1, 0.15) is 18.2 Å². The van der Waals surface area contributed by atoms with E-state index in [9.17, 15) is 9.18 Å². The van der Waals surface area contributed by atoms with Gasteiger partial charge < -0.3 is 9.84 Å². The normalized spacial score (nSPS) is 10.4. The number of aromatic carboxylic acids is 1. The fourth-order valence-corrected chi connectivity index (χ4v) is 2.47. The first-order valence-corrected chi connectivity index (χ1v) is 6.65. The smallest absolute Gasteiger partial charge is 0.349 e. The second-order valence-electron chi connectivity index (χ2n) is 3.98. The highest BCUT2D eigenvalue weighted by atomic mass is 32.1. The molecule has 0 aliphatic carbocycles. The molecule has 2 rings (SSSR count). The van der Waals surface area contributed by atoms with Gasteiger partial charge in [0.15, 0.2) is 4.88 Å². The molecule has 100 valence electrons. The Bertz CT molecular complexity index is 575. The van der Waals surface area contributed by atoms with Gasteiger partial charge in [0, 0.05) is 4.88 Å². The van der Waals surface area contributed by atoms with Crippen molar-refractivity contribution in [2.24, 2.45) is 0 Å². The number of hydrogen-bond acceptors (Lipinski definition) is 3. The van der Waals surface area contributed by atoms with Crippen molar-refractivity contribution in [3.63, 3.8) is 0 Å². The highest BCUT2D eigenvalue weighted by molar-refractivity contribution is 7.14. The first-order valence-electron chi connectivity index (χ1n) is 5.83. The van der Waals surface area contributed by atoms with E-state index in [0.717, 1.165) is 16.9 Å². The third-order valence-corrected chi connectivity index (χ3v) is 3.85. The van der Waals surface area contributed by atoms with Gasteiger partial charge in [0.25, 0.3) is 0 Å². The largest absolute Gasteiger partial charge is 0.487 e. The predicted octanol–water partition coefficient (Wildman–Crippen LogP) is 3.73. The topological polar surface area (TPSA) is 46.5 Å². The Morgan fingerprint density at radius 3 is 2.63 bits per heavy atom. The van der Waals surface area contributed by atoms with Crippen LogP contribution in [0, 0.1) is 5.82 Å². The average molecular weight is 280 g/mol. The number of ether oxygens (including phenoxy) is 1. The van der Waals surface area contributed by atoms with Crippen molar-refractivity contribution in [1.29, 1.82) is 0 Å². The Morgan fingerprint density at radius 1 is 1.37 bits per heavy atom. The van der Waals surface area contributed by atoms with Crippen LogP contribution in [0.25, 0.3) is 0 Å². The number of halogens is 1. The standard InChI is InChI=1S/C14H13FO3S/c1-2-11-7-12(13(19-11)14(16)17)18-8-9-3-5-10(15)6-4-9/h3-7H,2,8H2,1H3,(H,16,17). The van der Waals surface area contributed by atoms with Crippen LogP contribution in [0.4, 0.5) is 4.39 Å². The van der Waals surface area contributed by atoms with Crippen molar-refractivity contribution in [2.75, 3.05) is 0 Å². The van der Waals surface area contributed by atoms with Gasteiger partial charge in [-0.05, 0) is 30.2 Å². The van der Waals surface area contributed by atoms with E-state index in [0.29, 0.717) is 5.75 Å². The van der Waals surface area contributed by atoms with Crippen molar-refractivity contribution in [2.45, 2.75) is 20.0 Å². The second-order valence-corrected chi connectivity index (χ2v) is 5.12. The predicted molar refractivity (Wildman–Crippen MR) is 71.4 cm³/mol. The molecule has 0 bridgehead atoms. The van der Waals surface area contributed by atoms with E-state index < -0.39 is 5.97 Å². The first-order chi connectivity index (χ1) is 9.10. The van der Waals surface area contributed by atoms with Crippen molar-refractivity contribution < 1.29 is 19.0 Å². The third kappa shape index (κ3) is 3.32. The van der Waals surface area contributed by atoms with E-state index in [1.807, 2.05) is 6.92 Å². The zero-order chi connectivity index (χ0) is 13.8. The van der Waals surface area contributed by atoms with Crippen LogP contribution in [0.5, 0.6) is 5.75 Å². The van der Waals surface area contributed by atoms with Gasteiger partial charge in [-0.1, -0.05) is 19.1 Å². The van der Waals surface area contributed by atoms with Gasteiger partial charge in [-0.15, -0.1) is 11.3 Å². The Labute approximate surface area is 114 Å². The molecule has 0 spiro atoms. The maximum atomic E-state index is 12.8. The minimum Gasteiger partial charge on any atom is -0.487 e. The van der Waals surface area contributed by atoms with E-state index in [2.05, 4.69) is 0 Å². The Hall–Kier alpha value is -1.88.